The Hall–Kier alpha value is -1.58. The molecule has 0 aliphatic carbocycles. The number of rotatable bonds is 2. The molecule has 1 aromatic heterocycles. The fourth-order valence-corrected chi connectivity index (χ4v) is 2.57. The first-order valence-electron chi connectivity index (χ1n) is 6.45. The van der Waals surface area contributed by atoms with E-state index in [2.05, 4.69) is 16.8 Å². The molecule has 1 N–H and O–H groups in total. The van der Waals surface area contributed by atoms with Gasteiger partial charge in [-0.3, -0.25) is 4.98 Å². The standard InChI is InChI=1S/C14H20N2O2/c1-9-4-6-16(7-5-9)12-8-10(2)15-11(3)13(12)14(17)18/h8-9H,4-7H2,1-3H3,(H,17,18). The molecular weight excluding hydrogens is 228 g/mol. The third kappa shape index (κ3) is 2.47. The van der Waals surface area contributed by atoms with Crippen molar-refractivity contribution in [1.82, 2.24) is 4.98 Å². The maximum atomic E-state index is 11.4. The fourth-order valence-electron chi connectivity index (χ4n) is 2.57. The summed E-state index contributed by atoms with van der Waals surface area (Å²) >= 11 is 0. The van der Waals surface area contributed by atoms with Gasteiger partial charge in [-0.2, -0.15) is 0 Å². The Morgan fingerprint density at radius 3 is 2.56 bits per heavy atom. The summed E-state index contributed by atoms with van der Waals surface area (Å²) in [4.78, 5) is 17.8. The quantitative estimate of drug-likeness (QED) is 0.874. The highest BCUT2D eigenvalue weighted by atomic mass is 16.4. The monoisotopic (exact) mass is 248 g/mol. The molecule has 1 fully saturated rings. The molecule has 0 aromatic carbocycles. The summed E-state index contributed by atoms with van der Waals surface area (Å²) in [7, 11) is 0. The Morgan fingerprint density at radius 2 is 2.00 bits per heavy atom. The first kappa shape index (κ1) is 12.9. The number of hydrogen-bond donors (Lipinski definition) is 1. The lowest BCUT2D eigenvalue weighted by molar-refractivity contribution is 0.0696. The van der Waals surface area contributed by atoms with Gasteiger partial charge in [0.1, 0.15) is 5.56 Å². The van der Waals surface area contributed by atoms with E-state index in [0.29, 0.717) is 11.3 Å². The molecule has 18 heavy (non-hydrogen) atoms. The number of piperidine rings is 1. The molecule has 1 aromatic rings. The van der Waals surface area contributed by atoms with Gasteiger partial charge < -0.3 is 10.0 Å². The molecule has 0 atom stereocenters. The van der Waals surface area contributed by atoms with Crippen molar-refractivity contribution < 1.29 is 9.90 Å². The van der Waals surface area contributed by atoms with Gasteiger partial charge in [-0.15, -0.1) is 0 Å². The Balaban J connectivity index is 2.39. The zero-order chi connectivity index (χ0) is 13.3. The van der Waals surface area contributed by atoms with Crippen LogP contribution in [0.4, 0.5) is 5.69 Å². The van der Waals surface area contributed by atoms with Crippen molar-refractivity contribution in [3.63, 3.8) is 0 Å². The van der Waals surface area contributed by atoms with Crippen molar-refractivity contribution in [2.45, 2.75) is 33.6 Å². The summed E-state index contributed by atoms with van der Waals surface area (Å²) in [5, 5.41) is 9.35. The lowest BCUT2D eigenvalue weighted by Crippen LogP contribution is -2.34. The van der Waals surface area contributed by atoms with Crippen LogP contribution in [0.15, 0.2) is 6.07 Å². The lowest BCUT2D eigenvalue weighted by atomic mass is 9.98. The Morgan fingerprint density at radius 1 is 1.39 bits per heavy atom. The zero-order valence-electron chi connectivity index (χ0n) is 11.2. The summed E-state index contributed by atoms with van der Waals surface area (Å²) in [5.41, 5.74) is 2.68. The number of pyridine rings is 1. The second-order valence-corrected chi connectivity index (χ2v) is 5.22. The summed E-state index contributed by atoms with van der Waals surface area (Å²) in [6.45, 7) is 7.80. The number of aromatic carboxylic acids is 1. The Kier molecular flexibility index (Phi) is 3.55. The second-order valence-electron chi connectivity index (χ2n) is 5.22. The van der Waals surface area contributed by atoms with Gasteiger partial charge in [0.15, 0.2) is 0 Å². The maximum Gasteiger partial charge on any atom is 0.339 e. The van der Waals surface area contributed by atoms with E-state index in [1.807, 2.05) is 13.0 Å². The van der Waals surface area contributed by atoms with Crippen LogP contribution in [0.5, 0.6) is 0 Å². The van der Waals surface area contributed by atoms with E-state index in [1.54, 1.807) is 6.92 Å². The van der Waals surface area contributed by atoms with E-state index >= 15 is 0 Å². The van der Waals surface area contributed by atoms with E-state index in [9.17, 15) is 9.90 Å². The van der Waals surface area contributed by atoms with E-state index in [1.165, 1.54) is 0 Å². The van der Waals surface area contributed by atoms with E-state index in [4.69, 9.17) is 0 Å². The molecule has 1 saturated heterocycles. The first-order chi connectivity index (χ1) is 8.49. The van der Waals surface area contributed by atoms with Crippen LogP contribution in [0.3, 0.4) is 0 Å². The van der Waals surface area contributed by atoms with Gasteiger partial charge >= 0.3 is 5.97 Å². The molecule has 0 saturated carbocycles. The molecule has 0 unspecified atom stereocenters. The molecule has 98 valence electrons. The second kappa shape index (κ2) is 4.96. The van der Waals surface area contributed by atoms with Gasteiger partial charge in [-0.05, 0) is 38.7 Å². The van der Waals surface area contributed by atoms with Crippen molar-refractivity contribution >= 4 is 11.7 Å². The number of carboxylic acid groups (broad SMARTS) is 1. The van der Waals surface area contributed by atoms with Crippen molar-refractivity contribution in [2.24, 2.45) is 5.92 Å². The van der Waals surface area contributed by atoms with E-state index in [-0.39, 0.29) is 0 Å². The summed E-state index contributed by atoms with van der Waals surface area (Å²) < 4.78 is 0. The minimum atomic E-state index is -0.881. The van der Waals surface area contributed by atoms with Crippen molar-refractivity contribution in [1.29, 1.82) is 0 Å². The molecule has 4 nitrogen and oxygen atoms in total. The normalized spacial score (nSPS) is 16.9. The number of hydrogen-bond acceptors (Lipinski definition) is 3. The molecule has 0 bridgehead atoms. The number of aromatic nitrogens is 1. The largest absolute Gasteiger partial charge is 0.478 e. The summed E-state index contributed by atoms with van der Waals surface area (Å²) in [5.74, 6) is -0.146. The third-order valence-corrected chi connectivity index (χ3v) is 3.65. The molecule has 1 aliphatic heterocycles. The number of anilines is 1. The molecule has 0 radical (unpaired) electrons. The van der Waals surface area contributed by atoms with E-state index in [0.717, 1.165) is 43.2 Å². The zero-order valence-corrected chi connectivity index (χ0v) is 11.2. The predicted molar refractivity (Wildman–Crippen MR) is 71.3 cm³/mol. The fraction of sp³-hybridized carbons (Fsp3) is 0.571. The summed E-state index contributed by atoms with van der Waals surface area (Å²) in [6.07, 6.45) is 2.25. The molecule has 2 rings (SSSR count). The van der Waals surface area contributed by atoms with Gasteiger partial charge in [0.05, 0.1) is 11.4 Å². The van der Waals surface area contributed by atoms with Gasteiger partial charge in [-0.1, -0.05) is 6.92 Å². The molecule has 0 amide bonds. The van der Waals surface area contributed by atoms with Gasteiger partial charge in [0, 0.05) is 18.8 Å². The lowest BCUT2D eigenvalue weighted by Gasteiger charge is -2.33. The number of aryl methyl sites for hydroxylation is 2. The number of nitrogens with zero attached hydrogens (tertiary/aromatic N) is 2. The summed E-state index contributed by atoms with van der Waals surface area (Å²) in [6, 6.07) is 1.90. The van der Waals surface area contributed by atoms with Gasteiger partial charge in [0.25, 0.3) is 0 Å². The van der Waals surface area contributed by atoms with Crippen molar-refractivity contribution in [3.05, 3.63) is 23.0 Å². The number of carbonyl (C=O) groups is 1. The van der Waals surface area contributed by atoms with Crippen LogP contribution < -0.4 is 4.90 Å². The molecule has 1 aliphatic rings. The van der Waals surface area contributed by atoms with Crippen LogP contribution in [0.2, 0.25) is 0 Å². The average Bonchev–Trinajstić information content (AvgIpc) is 2.28. The highest BCUT2D eigenvalue weighted by Gasteiger charge is 2.23. The van der Waals surface area contributed by atoms with Crippen LogP contribution in [0, 0.1) is 19.8 Å². The van der Waals surface area contributed by atoms with Crippen LogP contribution in [0.1, 0.15) is 41.5 Å². The van der Waals surface area contributed by atoms with Crippen LogP contribution in [-0.4, -0.2) is 29.1 Å². The van der Waals surface area contributed by atoms with Crippen LogP contribution in [0.25, 0.3) is 0 Å². The third-order valence-electron chi connectivity index (χ3n) is 3.65. The number of carboxylic acids is 1. The Bertz CT molecular complexity index is 463. The van der Waals surface area contributed by atoms with Gasteiger partial charge in [-0.25, -0.2) is 4.79 Å². The minimum absolute atomic E-state index is 0.357. The SMILES string of the molecule is Cc1cc(N2CCC(C)CC2)c(C(=O)O)c(C)n1. The predicted octanol–water partition coefficient (Wildman–Crippen LogP) is 2.63. The Labute approximate surface area is 108 Å². The highest BCUT2D eigenvalue weighted by molar-refractivity contribution is 5.95. The molecule has 0 spiro atoms. The van der Waals surface area contributed by atoms with Crippen LogP contribution >= 0.6 is 0 Å². The minimum Gasteiger partial charge on any atom is -0.478 e. The van der Waals surface area contributed by atoms with Crippen LogP contribution in [-0.2, 0) is 0 Å². The highest BCUT2D eigenvalue weighted by Crippen LogP contribution is 2.28. The van der Waals surface area contributed by atoms with E-state index < -0.39 is 5.97 Å². The van der Waals surface area contributed by atoms with Crippen molar-refractivity contribution in [3.8, 4) is 0 Å². The topological polar surface area (TPSA) is 53.4 Å². The average molecular weight is 248 g/mol. The van der Waals surface area contributed by atoms with Gasteiger partial charge in [0.2, 0.25) is 0 Å². The molecular formula is C14H20N2O2. The van der Waals surface area contributed by atoms with Crippen molar-refractivity contribution in [2.75, 3.05) is 18.0 Å². The first-order valence-corrected chi connectivity index (χ1v) is 6.45. The molecule has 2 heterocycles. The smallest absolute Gasteiger partial charge is 0.339 e. The maximum absolute atomic E-state index is 11.4. The molecule has 4 heteroatoms.